The van der Waals surface area contributed by atoms with Crippen molar-refractivity contribution in [2.75, 3.05) is 6.61 Å². The van der Waals surface area contributed by atoms with Gasteiger partial charge in [-0.1, -0.05) is 35.7 Å². The fourth-order valence-corrected chi connectivity index (χ4v) is 5.87. The highest BCUT2D eigenvalue weighted by Crippen LogP contribution is 2.68. The first-order valence-electron chi connectivity index (χ1n) is 5.81. The van der Waals surface area contributed by atoms with Crippen molar-refractivity contribution >= 4 is 85.6 Å². The van der Waals surface area contributed by atoms with Gasteiger partial charge in [0, 0.05) is 18.0 Å². The van der Waals surface area contributed by atoms with Crippen LogP contribution in [0.1, 0.15) is 0 Å². The largest absolute Gasteiger partial charge is 0.357 e. The van der Waals surface area contributed by atoms with Crippen molar-refractivity contribution in [2.24, 2.45) is 0 Å². The predicted molar refractivity (Wildman–Crippen MR) is 119 cm³/mol. The van der Waals surface area contributed by atoms with Gasteiger partial charge in [0.25, 0.3) is 0 Å². The smallest absolute Gasteiger partial charge is 0.196 e. The molecule has 0 aromatic carbocycles. The van der Waals surface area contributed by atoms with Gasteiger partial charge in [0.1, 0.15) is 18.3 Å². The Morgan fingerprint density at radius 1 is 1.14 bits per heavy atom. The molecule has 1 aliphatic rings. The first kappa shape index (κ1) is 24.1. The highest BCUT2D eigenvalue weighted by atomic mass is 32.6. The molecule has 0 aliphatic carbocycles. The van der Waals surface area contributed by atoms with E-state index in [1.807, 2.05) is 0 Å². The highest BCUT2D eigenvalue weighted by molar-refractivity contribution is 8.59. The zero-order valence-corrected chi connectivity index (χ0v) is 22.1. The molecule has 16 heteroatoms. The number of halogens is 1. The summed E-state index contributed by atoms with van der Waals surface area (Å²) in [5, 5.41) is 0. The second kappa shape index (κ2) is 13.2. The molecule has 0 N–H and O–H groups in total. The fraction of sp³-hybridized carbons (Fsp3) is 1.00. The molecule has 0 bridgehead atoms. The van der Waals surface area contributed by atoms with Crippen molar-refractivity contribution in [3.63, 3.8) is 0 Å². The van der Waals surface area contributed by atoms with E-state index in [9.17, 15) is 4.39 Å². The van der Waals surface area contributed by atoms with Crippen LogP contribution < -0.4 is 0 Å². The molecule has 14 unspecified atom stereocenters. The number of rotatable bonds is 9. The Morgan fingerprint density at radius 2 is 1.82 bits per heavy atom. The maximum atomic E-state index is 14.8. The van der Waals surface area contributed by atoms with Crippen LogP contribution in [0.4, 0.5) is 4.39 Å². The monoisotopic (exact) mass is 501 g/mol. The normalized spacial score (nSPS) is 35.2. The van der Waals surface area contributed by atoms with Crippen LogP contribution in [0.3, 0.4) is 0 Å². The van der Waals surface area contributed by atoms with E-state index in [0.717, 1.165) is 0 Å². The van der Waals surface area contributed by atoms with Crippen molar-refractivity contribution < 1.29 is 27.2 Å². The first-order valence-corrected chi connectivity index (χ1v) is 20.0. The molecule has 0 aromatic heterocycles. The minimum absolute atomic E-state index is 0.236. The number of ether oxygens (including phenoxy) is 1. The summed E-state index contributed by atoms with van der Waals surface area (Å²) < 4.78 is 42.7. The summed E-state index contributed by atoms with van der Waals surface area (Å²) in [6.07, 6.45) is -4.23. The summed E-state index contributed by atoms with van der Waals surface area (Å²) in [6.45, 7) is 0.289. The van der Waals surface area contributed by atoms with Gasteiger partial charge in [0.2, 0.25) is 0 Å². The van der Waals surface area contributed by atoms with Gasteiger partial charge < -0.3 is 22.8 Å². The third-order valence-electron chi connectivity index (χ3n) is 2.65. The average Bonchev–Trinajstić information content (AvgIpc) is 2.48. The predicted octanol–water partition coefficient (Wildman–Crippen LogP) is 4.57. The van der Waals surface area contributed by atoms with E-state index in [1.165, 1.54) is 0 Å². The van der Waals surface area contributed by atoms with Crippen LogP contribution in [0.25, 0.3) is 0 Å². The van der Waals surface area contributed by atoms with Gasteiger partial charge in [-0.05, 0) is 7.96 Å². The lowest BCUT2D eigenvalue weighted by Crippen LogP contribution is -2.57. The second-order valence-corrected chi connectivity index (χ2v) is 19.8. The Kier molecular flexibility index (Phi) is 14.5. The Labute approximate surface area is 150 Å². The minimum atomic E-state index is -1.43. The molecule has 5 nitrogen and oxygen atoms in total. The third kappa shape index (κ3) is 7.95. The Morgan fingerprint density at radius 3 is 2.32 bits per heavy atom. The molecule has 1 saturated heterocycles. The molecule has 0 spiro atoms. The standard InChI is InChI=1S/C6H21FO5P10/c7-3-5(11-22(18)20-15)4(10-13)2(1-8-19-14)9-6(3)12-21(16)17/h2-6,19-20H,1,13-18H2/i7-1. The quantitative estimate of drug-likeness (QED) is 0.434. The molecule has 0 radical (unpaired) electrons. The van der Waals surface area contributed by atoms with Crippen LogP contribution in [-0.4, -0.2) is 37.4 Å². The number of hydrogen-bond acceptors (Lipinski definition) is 5. The van der Waals surface area contributed by atoms with Crippen LogP contribution >= 0.6 is 85.6 Å². The zero-order valence-electron chi connectivity index (χ0n) is 11.4. The lowest BCUT2D eigenvalue weighted by atomic mass is 10.0. The van der Waals surface area contributed by atoms with Gasteiger partial charge in [-0.25, -0.2) is 4.39 Å². The van der Waals surface area contributed by atoms with E-state index in [2.05, 4.69) is 54.1 Å². The Bertz CT molecular complexity index is 318. The summed E-state index contributed by atoms with van der Waals surface area (Å²) in [4.78, 5) is 0. The molecule has 0 aromatic rings. The van der Waals surface area contributed by atoms with E-state index < -0.39 is 45.8 Å². The Hall–Kier alpha value is 4.03. The molecule has 1 rings (SSSR count). The van der Waals surface area contributed by atoms with Gasteiger partial charge >= 0.3 is 0 Å². The van der Waals surface area contributed by atoms with Crippen molar-refractivity contribution in [2.45, 2.75) is 30.8 Å². The van der Waals surface area contributed by atoms with Gasteiger partial charge in [0.05, 0.1) is 21.7 Å². The fourth-order valence-electron chi connectivity index (χ4n) is 1.78. The van der Waals surface area contributed by atoms with Crippen LogP contribution in [0.2, 0.25) is 0 Å². The van der Waals surface area contributed by atoms with Gasteiger partial charge in [-0.2, -0.15) is 0 Å². The van der Waals surface area contributed by atoms with Gasteiger partial charge in [0.15, 0.2) is 12.5 Å². The highest BCUT2D eigenvalue weighted by Gasteiger charge is 2.49. The lowest BCUT2D eigenvalue weighted by molar-refractivity contribution is -0.244. The SMILES string of the molecule is [18F]C1C(OP(P)P)OC(COPP)C(OP)C1OP(P)PP. The van der Waals surface area contributed by atoms with Gasteiger partial charge in [-0.3, -0.25) is 0 Å². The van der Waals surface area contributed by atoms with Crippen molar-refractivity contribution in [1.29, 1.82) is 0 Å². The average molecular weight is 501 g/mol. The first-order chi connectivity index (χ1) is 10.4. The molecule has 14 atom stereocenters. The zero-order chi connectivity index (χ0) is 16.7. The van der Waals surface area contributed by atoms with Crippen LogP contribution in [0.15, 0.2) is 0 Å². The number of alkyl halides is 1. The Balaban J connectivity index is 2.89. The third-order valence-corrected chi connectivity index (χ3v) is 13.5. The van der Waals surface area contributed by atoms with Gasteiger partial charge in [-0.15, -0.1) is 8.93 Å². The lowest BCUT2D eigenvalue weighted by Gasteiger charge is -2.43. The summed E-state index contributed by atoms with van der Waals surface area (Å²) in [5.74, 6) is 0. The van der Waals surface area contributed by atoms with E-state index >= 15 is 0 Å². The number of hydrogen-bond donors (Lipinski definition) is 0. The van der Waals surface area contributed by atoms with E-state index in [4.69, 9.17) is 22.8 Å². The molecule has 0 saturated carbocycles. The molecule has 0 amide bonds. The maximum absolute atomic E-state index is 14.8. The van der Waals surface area contributed by atoms with Crippen molar-refractivity contribution in [1.82, 2.24) is 0 Å². The molecule has 1 fully saturated rings. The minimum Gasteiger partial charge on any atom is -0.357 e. The molecule has 1 aliphatic heterocycles. The second-order valence-electron chi connectivity index (χ2n) is 4.01. The summed E-state index contributed by atoms with van der Waals surface area (Å²) in [5.41, 5.74) is 0. The molecule has 132 valence electrons. The summed E-state index contributed by atoms with van der Waals surface area (Å²) >= 11 is 0. The summed E-state index contributed by atoms with van der Waals surface area (Å²) in [6, 6.07) is 0. The molecular weight excluding hydrogens is 480 g/mol. The topological polar surface area (TPSA) is 46.2 Å². The molecule has 22 heavy (non-hydrogen) atoms. The van der Waals surface area contributed by atoms with E-state index in [0.29, 0.717) is 7.96 Å². The van der Waals surface area contributed by atoms with Crippen LogP contribution in [0.5, 0.6) is 0 Å². The van der Waals surface area contributed by atoms with Crippen LogP contribution in [0, 0.1) is 0 Å². The molecule has 1 heterocycles. The summed E-state index contributed by atoms with van der Waals surface area (Å²) in [7, 11) is 13.9. The molecular formula is C6H21FO5P10. The van der Waals surface area contributed by atoms with E-state index in [1.54, 1.807) is 0 Å². The van der Waals surface area contributed by atoms with Crippen LogP contribution in [-0.2, 0) is 22.8 Å². The maximum Gasteiger partial charge on any atom is 0.196 e. The van der Waals surface area contributed by atoms with Crippen molar-refractivity contribution in [3.8, 4) is 0 Å². The van der Waals surface area contributed by atoms with Crippen molar-refractivity contribution in [3.05, 3.63) is 0 Å². The van der Waals surface area contributed by atoms with E-state index in [-0.39, 0.29) is 15.1 Å².